The van der Waals surface area contributed by atoms with E-state index in [0.29, 0.717) is 52.6 Å². The summed E-state index contributed by atoms with van der Waals surface area (Å²) in [6.45, 7) is 3.97. The number of likely N-dealkylation sites (tertiary alicyclic amines) is 1. The lowest BCUT2D eigenvalue weighted by atomic mass is 9.97. The molecule has 25 heteroatoms. The average Bonchev–Trinajstić information content (AvgIpc) is 1.97. The number of piperidine rings is 1. The van der Waals surface area contributed by atoms with Crippen LogP contribution in [-0.2, 0) is 46.5 Å². The highest BCUT2D eigenvalue weighted by Crippen LogP contribution is 2.33. The maximum atomic E-state index is 13.8. The first-order valence-electron chi connectivity index (χ1n) is 28.7. The number of aliphatic hydroxyl groups is 1. The van der Waals surface area contributed by atoms with Crippen LogP contribution in [0.25, 0.3) is 44.3 Å². The van der Waals surface area contributed by atoms with Crippen molar-refractivity contribution in [3.63, 3.8) is 0 Å². The van der Waals surface area contributed by atoms with E-state index in [2.05, 4.69) is 76.0 Å². The van der Waals surface area contributed by atoms with Crippen LogP contribution in [0.1, 0.15) is 69.5 Å². The smallest absolute Gasteiger partial charge is 0.326 e. The predicted octanol–water partition coefficient (Wildman–Crippen LogP) is 2.54. The number of aromatic amines is 2. The molecule has 0 unspecified atom stereocenters. The van der Waals surface area contributed by atoms with Gasteiger partial charge in [0.1, 0.15) is 24.2 Å². The number of hydrogen-bond donors (Lipinski definition) is 12. The monoisotopic (exact) mass is 1190 g/mol. The highest BCUT2D eigenvalue weighted by molar-refractivity contribution is 5.97. The van der Waals surface area contributed by atoms with Crippen LogP contribution in [0.4, 0.5) is 5.69 Å². The number of carbonyl (C=O) groups excluding carboxylic acids is 6. The summed E-state index contributed by atoms with van der Waals surface area (Å²) >= 11 is 0. The molecular weight excluding hydrogens is 1120 g/mol. The molecular formula is C62H72N14O11. The Kier molecular flexibility index (Phi) is 21.5. The Bertz CT molecular complexity index is 3740. The van der Waals surface area contributed by atoms with E-state index in [0.717, 1.165) is 41.0 Å². The van der Waals surface area contributed by atoms with Crippen molar-refractivity contribution in [1.29, 1.82) is 0 Å². The first-order chi connectivity index (χ1) is 41.8. The Morgan fingerprint density at radius 1 is 0.736 bits per heavy atom. The third kappa shape index (κ3) is 17.1. The molecule has 1 aliphatic rings. The largest absolute Gasteiger partial charge is 0.480 e. The summed E-state index contributed by atoms with van der Waals surface area (Å²) in [7, 11) is 0. The van der Waals surface area contributed by atoms with Gasteiger partial charge in [0.05, 0.1) is 40.8 Å². The Morgan fingerprint density at radius 3 is 2.09 bits per heavy atom. The van der Waals surface area contributed by atoms with Gasteiger partial charge in [0.25, 0.3) is 5.56 Å². The van der Waals surface area contributed by atoms with Gasteiger partial charge in [-0.3, -0.25) is 48.0 Å². The minimum Gasteiger partial charge on any atom is -0.480 e. The number of rotatable bonds is 27. The Labute approximate surface area is 499 Å². The highest BCUT2D eigenvalue weighted by atomic mass is 16.4. The fourth-order valence-corrected chi connectivity index (χ4v) is 10.4. The third-order valence-corrected chi connectivity index (χ3v) is 15.0. The number of pyridine rings is 2. The van der Waals surface area contributed by atoms with Gasteiger partial charge in [0.2, 0.25) is 35.4 Å². The molecule has 1 fully saturated rings. The zero-order valence-corrected chi connectivity index (χ0v) is 48.2. The molecule has 1 aliphatic heterocycles. The number of H-pyrrole nitrogens is 2. The summed E-state index contributed by atoms with van der Waals surface area (Å²) in [5.41, 5.74) is 17.9. The van der Waals surface area contributed by atoms with E-state index in [4.69, 9.17) is 16.5 Å². The highest BCUT2D eigenvalue weighted by Gasteiger charge is 2.33. The number of aliphatic hydroxyl groups excluding tert-OH is 1. The summed E-state index contributed by atoms with van der Waals surface area (Å²) < 4.78 is 1.73. The Hall–Kier alpha value is -10.0. The van der Waals surface area contributed by atoms with E-state index >= 15 is 0 Å². The molecule has 3 aromatic heterocycles. The van der Waals surface area contributed by atoms with Gasteiger partial charge >= 0.3 is 11.7 Å². The standard InChI is InChI=1S/C62H72N14O11/c1-36(2)54(59(84)72-49(35-77)58(83)71-48(60(85)86)30-37-10-5-3-6-11-37)74-57(82)47(14-9-26-66-61(63)64)69-53(80)33-67-51(78)21-22-52(79)68-41-19-20-46-50(31-41)76(62(87)73-46)42-24-28-75(29-25-42)34-38-15-17-40(18-16-38)55-43(39-12-7-4-8-13-39)32-44-45(70-55)23-27-65-56(44)81/h3-8,10-13,15-20,23,27,31-32,36,42,47-49,54,77H,9,14,21-22,24-26,28-30,33-35H2,1-2H3,(H,65,81)(H,67,78)(H,68,79)(H,69,80)(H,71,83)(H,72,84)(H,73,87)(H,74,82)(H,85,86)(H4,63,64,66)/t47-,48-,49-,54-/m0/s1. The second-order valence-corrected chi connectivity index (χ2v) is 21.7. The van der Waals surface area contributed by atoms with Gasteiger partial charge < -0.3 is 63.5 Å². The lowest BCUT2D eigenvalue weighted by molar-refractivity contribution is -0.142. The number of imidazole rings is 1. The number of aliphatic imine (C=N–C) groups is 1. The van der Waals surface area contributed by atoms with Crippen molar-refractivity contribution in [2.24, 2.45) is 22.4 Å². The van der Waals surface area contributed by atoms with Gasteiger partial charge in [0.15, 0.2) is 5.96 Å². The predicted molar refractivity (Wildman–Crippen MR) is 328 cm³/mol. The Morgan fingerprint density at radius 2 is 1.41 bits per heavy atom. The number of carboxylic acids is 1. The number of guanidine groups is 1. The molecule has 0 radical (unpaired) electrons. The molecule has 4 aromatic carbocycles. The second kappa shape index (κ2) is 29.7. The molecule has 7 aromatic rings. The molecule has 0 spiro atoms. The van der Waals surface area contributed by atoms with Crippen molar-refractivity contribution in [3.8, 4) is 22.4 Å². The van der Waals surface area contributed by atoms with Crippen LogP contribution in [0, 0.1) is 5.92 Å². The molecule has 0 aliphatic carbocycles. The van der Waals surface area contributed by atoms with Crippen LogP contribution in [0.2, 0.25) is 0 Å². The number of nitrogens with zero attached hydrogens (tertiary/aromatic N) is 4. The normalized spacial score (nSPS) is 14.1. The number of nitrogens with one attached hydrogen (secondary N) is 8. The SMILES string of the molecule is CC(C)[C@H](NC(=O)[C@H](CCCN=C(N)N)NC(=O)CNC(=O)CCC(=O)Nc1ccc2[nH]c(=O)n(C3CCN(Cc4ccc(-c5nc6cc[nH]c(=O)c6cc5-c5ccccc5)cc4)CC3)c2c1)C(=O)N[C@@H](CO)C(=O)N[C@@H](Cc1ccccc1)C(=O)O. The molecule has 1 saturated heterocycles. The second-order valence-electron chi connectivity index (χ2n) is 21.7. The lowest BCUT2D eigenvalue weighted by Gasteiger charge is -2.32. The van der Waals surface area contributed by atoms with Crippen molar-refractivity contribution >= 4 is 75.0 Å². The van der Waals surface area contributed by atoms with Crippen molar-refractivity contribution in [3.05, 3.63) is 153 Å². The van der Waals surface area contributed by atoms with Crippen molar-refractivity contribution in [2.45, 2.75) is 95.5 Å². The molecule has 25 nitrogen and oxygen atoms in total. The van der Waals surface area contributed by atoms with Gasteiger partial charge in [-0.2, -0.15) is 0 Å². The van der Waals surface area contributed by atoms with Crippen LogP contribution < -0.4 is 54.6 Å². The maximum absolute atomic E-state index is 13.8. The van der Waals surface area contributed by atoms with Gasteiger partial charge in [-0.15, -0.1) is 0 Å². The fraction of sp³-hybridized carbons (Fsp3) is 0.339. The molecule has 4 atom stereocenters. The molecule has 6 amide bonds. The summed E-state index contributed by atoms with van der Waals surface area (Å²) in [4.78, 5) is 135. The van der Waals surface area contributed by atoms with E-state index in [9.17, 15) is 53.4 Å². The first kappa shape index (κ1) is 63.0. The number of aromatic nitrogens is 4. The molecule has 0 saturated carbocycles. The van der Waals surface area contributed by atoms with Gasteiger partial charge in [-0.1, -0.05) is 98.8 Å². The quantitative estimate of drug-likeness (QED) is 0.0200. The number of aliphatic carboxylic acids is 1. The Balaban J connectivity index is 0.806. The van der Waals surface area contributed by atoms with Crippen LogP contribution >= 0.6 is 0 Å². The molecule has 87 heavy (non-hydrogen) atoms. The van der Waals surface area contributed by atoms with Crippen LogP contribution in [0.5, 0.6) is 0 Å². The molecule has 14 N–H and O–H groups in total. The van der Waals surface area contributed by atoms with Crippen molar-refractivity contribution < 1.29 is 43.8 Å². The summed E-state index contributed by atoms with van der Waals surface area (Å²) in [5.74, 6) is -6.72. The fourth-order valence-electron chi connectivity index (χ4n) is 10.4. The molecule has 456 valence electrons. The van der Waals surface area contributed by atoms with Gasteiger partial charge in [-0.25, -0.2) is 14.6 Å². The minimum absolute atomic E-state index is 0.0219. The summed E-state index contributed by atoms with van der Waals surface area (Å²) in [6, 6.07) is 29.7. The van der Waals surface area contributed by atoms with Gasteiger partial charge in [0, 0.05) is 74.5 Å². The summed E-state index contributed by atoms with van der Waals surface area (Å²) in [5, 5.41) is 35.5. The lowest BCUT2D eigenvalue weighted by Crippen LogP contribution is -2.60. The van der Waals surface area contributed by atoms with Gasteiger partial charge in [-0.05, 0) is 78.6 Å². The number of amides is 6. The topological polar surface area (TPSA) is 383 Å². The number of nitrogens with two attached hydrogens (primary N) is 2. The number of carbonyl (C=O) groups is 7. The maximum Gasteiger partial charge on any atom is 0.326 e. The number of hydrogen-bond acceptors (Lipinski definition) is 13. The zero-order chi connectivity index (χ0) is 62.1. The van der Waals surface area contributed by atoms with Crippen LogP contribution in [0.15, 0.2) is 136 Å². The number of benzene rings is 4. The molecule has 8 rings (SSSR count). The van der Waals surface area contributed by atoms with E-state index < -0.39 is 84.6 Å². The third-order valence-electron chi connectivity index (χ3n) is 15.0. The minimum atomic E-state index is -1.59. The van der Waals surface area contributed by atoms with Crippen LogP contribution in [-0.4, -0.2) is 139 Å². The first-order valence-corrected chi connectivity index (χ1v) is 28.7. The number of anilines is 1. The summed E-state index contributed by atoms with van der Waals surface area (Å²) in [6.07, 6.45) is 2.54. The van der Waals surface area contributed by atoms with E-state index in [1.807, 2.05) is 36.4 Å². The van der Waals surface area contributed by atoms with E-state index in [1.165, 1.54) is 0 Å². The molecule has 0 bridgehead atoms. The van der Waals surface area contributed by atoms with Crippen molar-refractivity contribution in [1.82, 2.24) is 51.0 Å². The number of fused-ring (bicyclic) bond motifs is 2. The average molecular weight is 1190 g/mol. The zero-order valence-electron chi connectivity index (χ0n) is 48.2. The van der Waals surface area contributed by atoms with Crippen molar-refractivity contribution in [2.75, 3.05) is 38.1 Å². The van der Waals surface area contributed by atoms with Crippen LogP contribution in [0.3, 0.4) is 0 Å². The number of carboxylic acid groups (broad SMARTS) is 1. The van der Waals surface area contributed by atoms with E-state index in [-0.39, 0.29) is 61.9 Å². The molecule has 4 heterocycles. The van der Waals surface area contributed by atoms with E-state index in [1.54, 1.807) is 79.2 Å².